The Hall–Kier alpha value is -3.33. The predicted octanol–water partition coefficient (Wildman–Crippen LogP) is 7.56. The van der Waals surface area contributed by atoms with E-state index in [0.717, 1.165) is 6.26 Å². The van der Waals surface area contributed by atoms with Crippen LogP contribution in [-0.4, -0.2) is 69.3 Å². The zero-order chi connectivity index (χ0) is 34.4. The molecule has 256 valence electrons. The van der Waals surface area contributed by atoms with Crippen LogP contribution >= 0.6 is 0 Å². The molecule has 0 bridgehead atoms. The standard InChI is InChI=1S/C18H21NO3S.C18H21N.C5H11N/c1-18(22-23(2,20)21)13-19(14-18)17(15-9-5-3-6-10-15)16-11-7-4-8-12-16;1-18(2)13-19(14-18)17(15-9-5-3-6-10-15)16-11-7-4-8-12-16;1-5(2)3-6-4-5/h3-12,17H,13-14H2,1-2H3;3-12,17H,13-14H2,1-2H3;6H,3-4H2,1-2H3. The third kappa shape index (κ3) is 9.86. The highest BCUT2D eigenvalue weighted by atomic mass is 32.2. The molecule has 3 heterocycles. The lowest BCUT2D eigenvalue weighted by Gasteiger charge is -2.50. The van der Waals surface area contributed by atoms with Crippen molar-refractivity contribution in [3.63, 3.8) is 0 Å². The minimum atomic E-state index is -3.45. The van der Waals surface area contributed by atoms with Gasteiger partial charge in [-0.15, -0.1) is 0 Å². The number of nitrogens with one attached hydrogen (secondary N) is 1. The molecule has 1 N–H and O–H groups in total. The fourth-order valence-electron chi connectivity index (χ4n) is 7.04. The molecular weight excluding hydrogens is 615 g/mol. The molecule has 0 aromatic heterocycles. The first kappa shape index (κ1) is 36.0. The summed E-state index contributed by atoms with van der Waals surface area (Å²) in [4.78, 5) is 4.82. The Kier molecular flexibility index (Phi) is 11.3. The van der Waals surface area contributed by atoms with Crippen molar-refractivity contribution in [2.45, 2.75) is 52.3 Å². The lowest BCUT2D eigenvalue weighted by molar-refractivity contribution is -0.0733. The van der Waals surface area contributed by atoms with Gasteiger partial charge in [0, 0.05) is 39.3 Å². The Bertz CT molecular complexity index is 1580. The summed E-state index contributed by atoms with van der Waals surface area (Å²) < 4.78 is 28.1. The van der Waals surface area contributed by atoms with Crippen molar-refractivity contribution in [1.82, 2.24) is 15.1 Å². The number of benzene rings is 4. The van der Waals surface area contributed by atoms with Crippen molar-refractivity contribution in [2.24, 2.45) is 10.8 Å². The van der Waals surface area contributed by atoms with E-state index in [1.807, 2.05) is 43.3 Å². The van der Waals surface area contributed by atoms with E-state index >= 15 is 0 Å². The fraction of sp³-hybridized carbons (Fsp3) is 0.415. The van der Waals surface area contributed by atoms with Crippen molar-refractivity contribution < 1.29 is 12.6 Å². The van der Waals surface area contributed by atoms with E-state index in [1.54, 1.807) is 0 Å². The highest BCUT2D eigenvalue weighted by molar-refractivity contribution is 7.86. The lowest BCUT2D eigenvalue weighted by Crippen LogP contribution is -2.62. The van der Waals surface area contributed by atoms with E-state index in [2.05, 4.69) is 128 Å². The zero-order valence-electron chi connectivity index (χ0n) is 29.5. The van der Waals surface area contributed by atoms with Crippen molar-refractivity contribution in [3.05, 3.63) is 144 Å². The summed E-state index contributed by atoms with van der Waals surface area (Å²) in [6, 6.07) is 42.7. The molecule has 4 aromatic rings. The van der Waals surface area contributed by atoms with Gasteiger partial charge < -0.3 is 5.32 Å². The third-order valence-electron chi connectivity index (χ3n) is 9.09. The van der Waals surface area contributed by atoms with Gasteiger partial charge in [0.2, 0.25) is 0 Å². The van der Waals surface area contributed by atoms with Crippen molar-refractivity contribution in [3.8, 4) is 0 Å². The highest BCUT2D eigenvalue weighted by Crippen LogP contribution is 2.40. The van der Waals surface area contributed by atoms with Crippen LogP contribution < -0.4 is 5.32 Å². The monoisotopic (exact) mass is 667 g/mol. The van der Waals surface area contributed by atoms with Gasteiger partial charge in [-0.05, 0) is 40.0 Å². The number of hydrogen-bond donors (Lipinski definition) is 1. The van der Waals surface area contributed by atoms with Crippen LogP contribution in [0.25, 0.3) is 0 Å². The Morgan fingerprint density at radius 2 is 0.833 bits per heavy atom. The summed E-state index contributed by atoms with van der Waals surface area (Å²) in [5.74, 6) is 0. The van der Waals surface area contributed by atoms with E-state index in [9.17, 15) is 8.42 Å². The van der Waals surface area contributed by atoms with Gasteiger partial charge in [-0.2, -0.15) is 8.42 Å². The minimum Gasteiger partial charge on any atom is -0.316 e. The Morgan fingerprint density at radius 1 is 0.542 bits per heavy atom. The van der Waals surface area contributed by atoms with E-state index in [1.165, 1.54) is 48.4 Å². The molecule has 48 heavy (non-hydrogen) atoms. The summed E-state index contributed by atoms with van der Waals surface area (Å²) >= 11 is 0. The van der Waals surface area contributed by atoms with Gasteiger partial charge in [-0.1, -0.05) is 149 Å². The number of nitrogens with zero attached hydrogens (tertiary/aromatic N) is 2. The van der Waals surface area contributed by atoms with Gasteiger partial charge in [-0.25, -0.2) is 0 Å². The Morgan fingerprint density at radius 3 is 1.06 bits per heavy atom. The predicted molar refractivity (Wildman–Crippen MR) is 197 cm³/mol. The van der Waals surface area contributed by atoms with Gasteiger partial charge >= 0.3 is 0 Å². The molecule has 0 saturated carbocycles. The molecule has 0 spiro atoms. The highest BCUT2D eigenvalue weighted by Gasteiger charge is 2.46. The molecule has 6 nitrogen and oxygen atoms in total. The van der Waals surface area contributed by atoms with Crippen LogP contribution in [0.2, 0.25) is 0 Å². The molecule has 3 saturated heterocycles. The van der Waals surface area contributed by atoms with Gasteiger partial charge in [0.05, 0.1) is 18.3 Å². The molecule has 0 atom stereocenters. The maximum Gasteiger partial charge on any atom is 0.265 e. The molecule has 3 aliphatic heterocycles. The Balaban J connectivity index is 0.000000162. The van der Waals surface area contributed by atoms with Crippen LogP contribution in [-0.2, 0) is 14.3 Å². The number of hydrogen-bond acceptors (Lipinski definition) is 6. The van der Waals surface area contributed by atoms with Crippen molar-refractivity contribution in [2.75, 3.05) is 45.5 Å². The molecule has 0 unspecified atom stereocenters. The summed E-state index contributed by atoms with van der Waals surface area (Å²) in [5.41, 5.74) is 5.60. The number of likely N-dealkylation sites (tertiary alicyclic amines) is 2. The van der Waals surface area contributed by atoms with Crippen LogP contribution in [0, 0.1) is 10.8 Å². The molecule has 0 aliphatic carbocycles. The molecular formula is C41H53N3O3S. The SMILES string of the molecule is CC1(C)CN(C(c2ccccc2)c2ccccc2)C1.CC1(C)CNC1.CC1(OS(C)(=O)=O)CN(C(c2ccccc2)c2ccccc2)C1. The van der Waals surface area contributed by atoms with Crippen LogP contribution in [0.5, 0.6) is 0 Å². The first-order valence-electron chi connectivity index (χ1n) is 17.0. The maximum atomic E-state index is 11.4. The summed E-state index contributed by atoms with van der Waals surface area (Å²) in [6.07, 6.45) is 1.10. The van der Waals surface area contributed by atoms with E-state index in [-0.39, 0.29) is 6.04 Å². The molecule has 4 aromatic carbocycles. The lowest BCUT2D eigenvalue weighted by atomic mass is 9.81. The van der Waals surface area contributed by atoms with Crippen molar-refractivity contribution >= 4 is 10.1 Å². The Labute approximate surface area is 289 Å². The van der Waals surface area contributed by atoms with Gasteiger partial charge in [0.25, 0.3) is 10.1 Å². The third-order valence-corrected chi connectivity index (χ3v) is 9.79. The first-order valence-corrected chi connectivity index (χ1v) is 18.8. The van der Waals surface area contributed by atoms with E-state index in [0.29, 0.717) is 30.0 Å². The molecule has 7 heteroatoms. The minimum absolute atomic E-state index is 0.105. The normalized spacial score (nSPS) is 19.4. The summed E-state index contributed by atoms with van der Waals surface area (Å²) in [5, 5.41) is 3.20. The largest absolute Gasteiger partial charge is 0.316 e. The van der Waals surface area contributed by atoms with E-state index < -0.39 is 15.7 Å². The van der Waals surface area contributed by atoms with Crippen LogP contribution in [0.3, 0.4) is 0 Å². The maximum absolute atomic E-state index is 11.4. The molecule has 0 radical (unpaired) electrons. The second kappa shape index (κ2) is 15.1. The quantitative estimate of drug-likeness (QED) is 0.196. The van der Waals surface area contributed by atoms with Crippen LogP contribution in [0.15, 0.2) is 121 Å². The average molecular weight is 668 g/mol. The topological polar surface area (TPSA) is 61.9 Å². The zero-order valence-corrected chi connectivity index (χ0v) is 30.3. The second-order valence-electron chi connectivity index (χ2n) is 15.4. The molecule has 0 amide bonds. The van der Waals surface area contributed by atoms with Crippen molar-refractivity contribution in [1.29, 1.82) is 0 Å². The molecule has 7 rings (SSSR count). The summed E-state index contributed by atoms with van der Waals surface area (Å²) in [6.45, 7) is 17.0. The molecule has 3 fully saturated rings. The smallest absolute Gasteiger partial charge is 0.265 e. The van der Waals surface area contributed by atoms with Crippen LogP contribution in [0.4, 0.5) is 0 Å². The number of rotatable bonds is 8. The second-order valence-corrected chi connectivity index (χ2v) is 17.0. The molecule has 3 aliphatic rings. The first-order chi connectivity index (χ1) is 22.7. The summed E-state index contributed by atoms with van der Waals surface area (Å²) in [7, 11) is -3.45. The fourth-order valence-corrected chi connectivity index (χ4v) is 7.88. The van der Waals surface area contributed by atoms with Gasteiger partial charge in [0.15, 0.2) is 0 Å². The van der Waals surface area contributed by atoms with Gasteiger partial charge in [0.1, 0.15) is 5.60 Å². The van der Waals surface area contributed by atoms with Crippen LogP contribution in [0.1, 0.15) is 69.0 Å². The van der Waals surface area contributed by atoms with E-state index in [4.69, 9.17) is 4.18 Å². The van der Waals surface area contributed by atoms with Gasteiger partial charge in [-0.3, -0.25) is 14.0 Å². The average Bonchev–Trinajstić information content (AvgIpc) is 3.01.